The molecule has 2 aromatic carbocycles. The third-order valence-corrected chi connectivity index (χ3v) is 6.90. The lowest BCUT2D eigenvalue weighted by Gasteiger charge is -2.34. The summed E-state index contributed by atoms with van der Waals surface area (Å²) >= 11 is 0. The second-order valence-corrected chi connectivity index (χ2v) is 10.1. The molecule has 1 fully saturated rings. The van der Waals surface area contributed by atoms with E-state index in [1.54, 1.807) is 25.3 Å². The maximum absolute atomic E-state index is 10.5. The fourth-order valence-electron chi connectivity index (χ4n) is 4.47. The summed E-state index contributed by atoms with van der Waals surface area (Å²) in [4.78, 5) is 2.34. The number of hydrogen-bond acceptors (Lipinski definition) is 5. The van der Waals surface area contributed by atoms with E-state index >= 15 is 0 Å². The Balaban J connectivity index is 1.46. The van der Waals surface area contributed by atoms with Gasteiger partial charge in [-0.15, -0.1) is 5.11 Å². The Labute approximate surface area is 212 Å². The molecule has 5 N–H and O–H groups in total. The number of rotatable bonds is 9. The number of anilines is 1. The first kappa shape index (κ1) is 25.7. The van der Waals surface area contributed by atoms with Crippen molar-refractivity contribution in [3.05, 3.63) is 82.6 Å². The molecule has 1 atom stereocenters. The van der Waals surface area contributed by atoms with Crippen molar-refractivity contribution in [2.24, 2.45) is 5.73 Å². The van der Waals surface area contributed by atoms with Crippen LogP contribution in [-0.2, 0) is 11.7 Å². The van der Waals surface area contributed by atoms with Crippen LogP contribution in [0.15, 0.2) is 60.3 Å². The van der Waals surface area contributed by atoms with Crippen molar-refractivity contribution in [2.45, 2.75) is 49.4 Å². The monoisotopic (exact) mass is 463 g/mol. The van der Waals surface area contributed by atoms with Gasteiger partial charge >= 0.3 is 0 Å². The average Bonchev–Trinajstić information content (AvgIpc) is 3.68. The Bertz CT molecular complexity index is 1100. The second-order valence-electron chi connectivity index (χ2n) is 10.1. The van der Waals surface area contributed by atoms with Crippen LogP contribution in [-0.4, -0.2) is 63.9 Å². The van der Waals surface area contributed by atoms with E-state index in [4.69, 9.17) is 29.3 Å². The van der Waals surface area contributed by atoms with Gasteiger partial charge in [-0.25, -0.2) is 0 Å². The zero-order valence-electron chi connectivity index (χ0n) is 20.4. The fourth-order valence-corrected chi connectivity index (χ4v) is 4.47. The molecule has 2 aliphatic rings. The molecule has 0 spiro atoms. The Hall–Kier alpha value is -2.41. The molecule has 0 saturated heterocycles. The van der Waals surface area contributed by atoms with Crippen molar-refractivity contribution < 1.29 is 10.2 Å². The van der Waals surface area contributed by atoms with Gasteiger partial charge in [-0.1, -0.05) is 35.9 Å². The van der Waals surface area contributed by atoms with E-state index in [1.807, 2.05) is 12.1 Å². The third kappa shape index (κ3) is 6.43. The SMILES string of the molecule is [B]C([B])([B])c1ccc(N/C=C(\N)c2ccc(CN3CCC=C([C@](C)(O)CO)C3)c(C3CC3)c2)cc1. The molecule has 4 rings (SSSR count). The quantitative estimate of drug-likeness (QED) is 0.340. The summed E-state index contributed by atoms with van der Waals surface area (Å²) in [6.45, 7) is 3.80. The highest BCUT2D eigenvalue weighted by molar-refractivity contribution is 6.58. The number of aliphatic hydroxyl groups excluding tert-OH is 1. The van der Waals surface area contributed by atoms with Crippen LogP contribution < -0.4 is 11.1 Å². The highest BCUT2D eigenvalue weighted by atomic mass is 16.3. The number of benzene rings is 2. The molecule has 176 valence electrons. The molecule has 0 unspecified atom stereocenters. The van der Waals surface area contributed by atoms with Crippen LogP contribution in [0.2, 0.25) is 0 Å². The van der Waals surface area contributed by atoms with Crippen LogP contribution in [0.4, 0.5) is 5.69 Å². The summed E-state index contributed by atoms with van der Waals surface area (Å²) < 4.78 is 0. The number of nitrogens with one attached hydrogen (secondary N) is 1. The first-order chi connectivity index (χ1) is 16.6. The molecule has 2 aromatic rings. The molecule has 8 heteroatoms. The smallest absolute Gasteiger partial charge is 0.107 e. The van der Waals surface area contributed by atoms with E-state index in [9.17, 15) is 10.2 Å². The van der Waals surface area contributed by atoms with Crippen LogP contribution in [0.1, 0.15) is 54.4 Å². The minimum atomic E-state index is -1.36. The minimum absolute atomic E-state index is 0.272. The summed E-state index contributed by atoms with van der Waals surface area (Å²) in [5.41, 5.74) is 11.9. The van der Waals surface area contributed by atoms with E-state index in [0.29, 0.717) is 23.7 Å². The van der Waals surface area contributed by atoms with Gasteiger partial charge in [0.25, 0.3) is 0 Å². The summed E-state index contributed by atoms with van der Waals surface area (Å²) in [5.74, 6) is 0.572. The summed E-state index contributed by atoms with van der Waals surface area (Å²) in [6, 6.07) is 13.7. The predicted octanol–water partition coefficient (Wildman–Crippen LogP) is 2.42. The largest absolute Gasteiger partial charge is 0.397 e. The molecule has 6 radical (unpaired) electrons. The topological polar surface area (TPSA) is 81.8 Å². The Morgan fingerprint density at radius 2 is 1.89 bits per heavy atom. The zero-order valence-corrected chi connectivity index (χ0v) is 20.4. The highest BCUT2D eigenvalue weighted by Crippen LogP contribution is 2.43. The number of nitrogens with two attached hydrogens (primary N) is 1. The standard InChI is InChI=1S/C27H32B3N3O2/c1-26(35,17-34)22-3-2-12-33(16-22)15-20-7-6-19(13-24(20)18-4-5-18)25(31)14-32-23-10-8-21(9-11-23)27(28,29)30/h3,6-11,13-14,18,32,34-35H,2,4-5,12,15-17,31H2,1H3/b25-14-/t26-/m1/s1. The minimum Gasteiger partial charge on any atom is -0.397 e. The molecule has 5 nitrogen and oxygen atoms in total. The molecule has 0 bridgehead atoms. The van der Waals surface area contributed by atoms with Gasteiger partial charge in [0.05, 0.1) is 35.8 Å². The normalized spacial score (nSPS) is 19.2. The van der Waals surface area contributed by atoms with Gasteiger partial charge in [0.15, 0.2) is 0 Å². The van der Waals surface area contributed by atoms with Crippen LogP contribution >= 0.6 is 0 Å². The first-order valence-electron chi connectivity index (χ1n) is 12.1. The van der Waals surface area contributed by atoms with Gasteiger partial charge in [0.1, 0.15) is 5.60 Å². The van der Waals surface area contributed by atoms with Gasteiger partial charge in [0.2, 0.25) is 0 Å². The van der Waals surface area contributed by atoms with Gasteiger partial charge in [-0.05, 0) is 72.6 Å². The zero-order chi connectivity index (χ0) is 25.2. The van der Waals surface area contributed by atoms with Crippen LogP contribution in [0.5, 0.6) is 0 Å². The lowest BCUT2D eigenvalue weighted by molar-refractivity contribution is 0.0247. The van der Waals surface area contributed by atoms with Crippen molar-refractivity contribution in [1.82, 2.24) is 4.90 Å². The van der Waals surface area contributed by atoms with Crippen LogP contribution in [0, 0.1) is 0 Å². The Morgan fingerprint density at radius 3 is 2.51 bits per heavy atom. The van der Waals surface area contributed by atoms with Crippen LogP contribution in [0.25, 0.3) is 5.70 Å². The molecule has 35 heavy (non-hydrogen) atoms. The molecular formula is C27H32B3N3O2. The second kappa shape index (κ2) is 10.3. The van der Waals surface area contributed by atoms with Gasteiger partial charge < -0.3 is 21.3 Å². The molecule has 0 aromatic heterocycles. The molecule has 1 aliphatic carbocycles. The average molecular weight is 463 g/mol. The molecule has 1 saturated carbocycles. The van der Waals surface area contributed by atoms with Gasteiger partial charge in [-0.2, -0.15) is 0 Å². The Kier molecular flexibility index (Phi) is 7.55. The third-order valence-electron chi connectivity index (χ3n) is 6.90. The van der Waals surface area contributed by atoms with Crippen molar-refractivity contribution in [3.63, 3.8) is 0 Å². The predicted molar refractivity (Wildman–Crippen MR) is 145 cm³/mol. The van der Waals surface area contributed by atoms with E-state index in [0.717, 1.165) is 36.3 Å². The van der Waals surface area contributed by atoms with E-state index in [-0.39, 0.29) is 6.61 Å². The van der Waals surface area contributed by atoms with Crippen molar-refractivity contribution in [2.75, 3.05) is 25.0 Å². The van der Waals surface area contributed by atoms with Gasteiger partial charge in [-0.3, -0.25) is 4.90 Å². The maximum atomic E-state index is 10.5. The van der Waals surface area contributed by atoms with Crippen molar-refractivity contribution in [3.8, 4) is 0 Å². The van der Waals surface area contributed by atoms with Gasteiger partial charge in [0, 0.05) is 31.5 Å². The highest BCUT2D eigenvalue weighted by Gasteiger charge is 2.30. The summed E-state index contributed by atoms with van der Waals surface area (Å²) in [5, 5.41) is 21.9. The first-order valence-corrected chi connectivity index (χ1v) is 12.1. The van der Waals surface area contributed by atoms with E-state index < -0.39 is 10.7 Å². The molecule has 0 amide bonds. The van der Waals surface area contributed by atoms with Crippen molar-refractivity contribution >= 4 is 34.9 Å². The maximum Gasteiger partial charge on any atom is 0.107 e. The molecule has 1 heterocycles. The van der Waals surface area contributed by atoms with E-state index in [2.05, 4.69) is 34.5 Å². The van der Waals surface area contributed by atoms with Crippen molar-refractivity contribution in [1.29, 1.82) is 0 Å². The lowest BCUT2D eigenvalue weighted by atomic mass is 9.40. The number of nitrogens with zero attached hydrogens (tertiary/aromatic N) is 1. The van der Waals surface area contributed by atoms with E-state index in [1.165, 1.54) is 24.0 Å². The molecular weight excluding hydrogens is 431 g/mol. The molecule has 1 aliphatic heterocycles. The van der Waals surface area contributed by atoms with Crippen LogP contribution in [0.3, 0.4) is 0 Å². The number of hydrogen-bond donors (Lipinski definition) is 4. The fraction of sp³-hybridized carbons (Fsp3) is 0.407. The summed E-state index contributed by atoms with van der Waals surface area (Å²) in [6.07, 6.45) is 7.11. The summed E-state index contributed by atoms with van der Waals surface area (Å²) in [7, 11) is 17.2. The lowest BCUT2D eigenvalue weighted by Crippen LogP contribution is -2.40. The number of aliphatic hydroxyl groups is 2. The Morgan fingerprint density at radius 1 is 1.17 bits per heavy atom.